The number of methoxy groups -OCH3 is 2. The van der Waals surface area contributed by atoms with Gasteiger partial charge in [0.2, 0.25) is 0 Å². The summed E-state index contributed by atoms with van der Waals surface area (Å²) in [6.45, 7) is 8.75. The molecule has 0 aromatic carbocycles. The minimum atomic E-state index is -1.41. The highest BCUT2D eigenvalue weighted by molar-refractivity contribution is 6.02. The lowest BCUT2D eigenvalue weighted by Crippen LogP contribution is -2.38. The second-order valence-corrected chi connectivity index (χ2v) is 6.28. The van der Waals surface area contributed by atoms with Crippen molar-refractivity contribution in [3.63, 3.8) is 0 Å². The number of esters is 2. The molecule has 0 unspecified atom stereocenters. The quantitative estimate of drug-likeness (QED) is 0.488. The van der Waals surface area contributed by atoms with Crippen LogP contribution in [0.4, 0.5) is 0 Å². The number of carbonyl (C=O) groups excluding carboxylic acids is 2. The molecule has 0 aromatic heterocycles. The van der Waals surface area contributed by atoms with E-state index in [1.807, 2.05) is 6.92 Å². The Labute approximate surface area is 143 Å². The Bertz CT molecular complexity index is 646. The van der Waals surface area contributed by atoms with Crippen molar-refractivity contribution in [2.24, 2.45) is 5.41 Å². The van der Waals surface area contributed by atoms with Gasteiger partial charge in [-0.3, -0.25) is 9.59 Å². The van der Waals surface area contributed by atoms with Gasteiger partial charge in [-0.1, -0.05) is 24.5 Å². The van der Waals surface area contributed by atoms with Crippen LogP contribution in [0.25, 0.3) is 0 Å². The number of carbonyl (C=O) groups is 2. The third-order valence-corrected chi connectivity index (χ3v) is 3.92. The topological polar surface area (TPSA) is 72.8 Å². The van der Waals surface area contributed by atoms with Crippen molar-refractivity contribution in [1.29, 1.82) is 0 Å². The maximum atomic E-state index is 12.3. The Morgan fingerprint density at radius 3 is 2.21 bits per heavy atom. The van der Waals surface area contributed by atoms with Gasteiger partial charge in [0.25, 0.3) is 0 Å². The first kappa shape index (κ1) is 19.7. The minimum Gasteiger partial charge on any atom is -0.468 e. The summed E-state index contributed by atoms with van der Waals surface area (Å²) in [7, 11) is 2.49. The van der Waals surface area contributed by atoms with E-state index < -0.39 is 23.0 Å². The van der Waals surface area contributed by atoms with E-state index in [1.54, 1.807) is 26.0 Å². The van der Waals surface area contributed by atoms with E-state index in [0.29, 0.717) is 0 Å². The average molecular weight is 332 g/mol. The Morgan fingerprint density at radius 1 is 1.25 bits per heavy atom. The molecule has 0 amide bonds. The summed E-state index contributed by atoms with van der Waals surface area (Å²) in [6, 6.07) is 0. The van der Waals surface area contributed by atoms with Crippen LogP contribution in [-0.2, 0) is 19.1 Å². The number of hydrogen-bond acceptors (Lipinski definition) is 5. The monoisotopic (exact) mass is 332 g/mol. The van der Waals surface area contributed by atoms with Crippen molar-refractivity contribution in [1.82, 2.24) is 0 Å². The van der Waals surface area contributed by atoms with Gasteiger partial charge in [-0.2, -0.15) is 0 Å². The Hall–Kier alpha value is -2.32. The molecule has 1 N–H and O–H groups in total. The highest BCUT2D eigenvalue weighted by atomic mass is 16.5. The van der Waals surface area contributed by atoms with E-state index in [9.17, 15) is 14.7 Å². The van der Waals surface area contributed by atoms with E-state index in [-0.39, 0.29) is 12.8 Å². The molecule has 130 valence electrons. The van der Waals surface area contributed by atoms with Crippen molar-refractivity contribution < 1.29 is 24.2 Å². The predicted molar refractivity (Wildman–Crippen MR) is 90.8 cm³/mol. The van der Waals surface area contributed by atoms with Crippen molar-refractivity contribution in [2.45, 2.75) is 39.2 Å². The van der Waals surface area contributed by atoms with Gasteiger partial charge >= 0.3 is 11.9 Å². The van der Waals surface area contributed by atoms with Gasteiger partial charge in [0, 0.05) is 12.8 Å². The molecular weight excluding hydrogens is 308 g/mol. The first-order valence-electron chi connectivity index (χ1n) is 7.55. The van der Waals surface area contributed by atoms with E-state index in [1.165, 1.54) is 14.2 Å². The number of rotatable bonds is 3. The van der Waals surface area contributed by atoms with Crippen molar-refractivity contribution in [2.75, 3.05) is 14.2 Å². The summed E-state index contributed by atoms with van der Waals surface area (Å²) >= 11 is 0. The normalized spacial score (nSPS) is 20.0. The highest BCUT2D eigenvalue weighted by Gasteiger charge is 2.54. The molecule has 5 heteroatoms. The third kappa shape index (κ3) is 4.15. The number of hydrogen-bond donors (Lipinski definition) is 1. The Balaban J connectivity index is 3.45. The number of allylic oxidation sites excluding steroid dienone is 5. The number of ether oxygens (including phenoxy) is 2. The van der Waals surface area contributed by atoms with Crippen LogP contribution < -0.4 is 0 Å². The zero-order valence-corrected chi connectivity index (χ0v) is 14.9. The van der Waals surface area contributed by atoms with Crippen LogP contribution >= 0.6 is 0 Å². The zero-order chi connectivity index (χ0) is 18.5. The first-order chi connectivity index (χ1) is 11.1. The van der Waals surface area contributed by atoms with Gasteiger partial charge in [-0.05, 0) is 43.6 Å². The van der Waals surface area contributed by atoms with Gasteiger partial charge in [0.15, 0.2) is 5.41 Å². The fourth-order valence-corrected chi connectivity index (χ4v) is 2.63. The molecule has 0 saturated heterocycles. The molecule has 1 rings (SSSR count). The molecule has 1 aliphatic carbocycles. The maximum Gasteiger partial charge on any atom is 0.323 e. The van der Waals surface area contributed by atoms with E-state index in [0.717, 1.165) is 16.7 Å². The van der Waals surface area contributed by atoms with Crippen LogP contribution in [0.1, 0.15) is 33.6 Å². The minimum absolute atomic E-state index is 0.132. The SMILES string of the molecule is C=C/C(C)=C1\CC(C(=O)OC)(C(=O)OC)C\C1=C/C#CC(C)(C)O. The fraction of sp³-hybridized carbons (Fsp3) is 0.474. The summed E-state index contributed by atoms with van der Waals surface area (Å²) in [6.07, 6.45) is 3.58. The molecule has 0 radical (unpaired) electrons. The van der Waals surface area contributed by atoms with Crippen molar-refractivity contribution >= 4 is 11.9 Å². The lowest BCUT2D eigenvalue weighted by Gasteiger charge is -2.21. The van der Waals surface area contributed by atoms with Crippen molar-refractivity contribution in [3.05, 3.63) is 35.5 Å². The maximum absolute atomic E-state index is 12.3. The van der Waals surface area contributed by atoms with Gasteiger partial charge in [0.05, 0.1) is 14.2 Å². The second-order valence-electron chi connectivity index (χ2n) is 6.28. The Morgan fingerprint density at radius 2 is 1.79 bits per heavy atom. The van der Waals surface area contributed by atoms with E-state index in [4.69, 9.17) is 9.47 Å². The highest BCUT2D eigenvalue weighted by Crippen LogP contribution is 2.48. The van der Waals surface area contributed by atoms with Crippen LogP contribution in [0.5, 0.6) is 0 Å². The van der Waals surface area contributed by atoms with Crippen molar-refractivity contribution in [3.8, 4) is 11.8 Å². The molecule has 0 aromatic rings. The van der Waals surface area contributed by atoms with E-state index >= 15 is 0 Å². The van der Waals surface area contributed by atoms with Gasteiger partial charge in [0.1, 0.15) is 5.60 Å². The molecule has 0 spiro atoms. The Kier molecular flexibility index (Phi) is 6.16. The van der Waals surface area contributed by atoms with Gasteiger partial charge in [-0.25, -0.2) is 0 Å². The molecule has 1 saturated carbocycles. The smallest absolute Gasteiger partial charge is 0.323 e. The molecule has 1 fully saturated rings. The summed E-state index contributed by atoms with van der Waals surface area (Å²) in [4.78, 5) is 24.6. The van der Waals surface area contributed by atoms with Crippen LogP contribution in [-0.4, -0.2) is 36.9 Å². The van der Waals surface area contributed by atoms with Gasteiger partial charge in [-0.15, -0.1) is 0 Å². The predicted octanol–water partition coefficient (Wildman–Crippen LogP) is 2.32. The first-order valence-corrected chi connectivity index (χ1v) is 7.55. The average Bonchev–Trinajstić information content (AvgIpc) is 2.92. The lowest BCUT2D eigenvalue weighted by molar-refractivity contribution is -0.168. The largest absolute Gasteiger partial charge is 0.468 e. The molecule has 0 heterocycles. The van der Waals surface area contributed by atoms with Crippen LogP contribution in [0.3, 0.4) is 0 Å². The molecule has 0 bridgehead atoms. The zero-order valence-electron chi connectivity index (χ0n) is 14.9. The number of aliphatic hydroxyl groups is 1. The molecule has 0 aliphatic heterocycles. The molecule has 0 atom stereocenters. The molecule has 1 aliphatic rings. The van der Waals surface area contributed by atoms with Gasteiger partial charge < -0.3 is 14.6 Å². The summed E-state index contributed by atoms with van der Waals surface area (Å²) < 4.78 is 9.68. The molecule has 24 heavy (non-hydrogen) atoms. The van der Waals surface area contributed by atoms with Crippen LogP contribution in [0, 0.1) is 17.3 Å². The summed E-state index contributed by atoms with van der Waals surface area (Å²) in [5.41, 5.74) is -0.146. The molecule has 5 nitrogen and oxygen atoms in total. The third-order valence-electron chi connectivity index (χ3n) is 3.92. The lowest BCUT2D eigenvalue weighted by atomic mass is 9.85. The van der Waals surface area contributed by atoms with E-state index in [2.05, 4.69) is 18.4 Å². The summed E-state index contributed by atoms with van der Waals surface area (Å²) in [5, 5.41) is 9.69. The standard InChI is InChI=1S/C19H24O5/c1-7-13(2)15-12-19(16(20)23-5,17(21)24-6)11-14(15)9-8-10-18(3,4)22/h7,9,22H,1,11-12H2,2-6H3/b14-9+,15-13+. The fourth-order valence-electron chi connectivity index (χ4n) is 2.63. The van der Waals surface area contributed by atoms with Crippen LogP contribution in [0.2, 0.25) is 0 Å². The molecular formula is C19H24O5. The second kappa shape index (κ2) is 7.50. The van der Waals surface area contributed by atoms with Crippen LogP contribution in [0.15, 0.2) is 35.5 Å². The summed E-state index contributed by atoms with van der Waals surface area (Å²) in [5.74, 6) is 4.21.